The Morgan fingerprint density at radius 2 is 2.03 bits per heavy atom. The van der Waals surface area contributed by atoms with E-state index in [-0.39, 0.29) is 11.8 Å². The number of carbonyl (C=O) groups is 3. The second kappa shape index (κ2) is 8.96. The summed E-state index contributed by atoms with van der Waals surface area (Å²) in [7, 11) is 1.57. The third kappa shape index (κ3) is 4.62. The molecule has 1 unspecified atom stereocenters. The van der Waals surface area contributed by atoms with Gasteiger partial charge in [0.25, 0.3) is 5.91 Å². The SMILES string of the molecule is COc1cccc(/C=C2\SC(=S)N(C(C)C(=O)N3CCC(C(=O)O)CC3)C2=O)c1. The van der Waals surface area contributed by atoms with Crippen LogP contribution in [0.1, 0.15) is 25.3 Å². The lowest BCUT2D eigenvalue weighted by Crippen LogP contribution is -2.51. The molecule has 0 saturated carbocycles. The van der Waals surface area contributed by atoms with Crippen LogP contribution in [0.3, 0.4) is 0 Å². The lowest BCUT2D eigenvalue weighted by Gasteiger charge is -2.34. The van der Waals surface area contributed by atoms with Crippen LogP contribution in [0.5, 0.6) is 5.75 Å². The molecule has 0 spiro atoms. The Bertz CT molecular complexity index is 877. The number of piperidine rings is 1. The molecule has 0 radical (unpaired) electrons. The summed E-state index contributed by atoms with van der Waals surface area (Å²) in [5.74, 6) is -1.08. The van der Waals surface area contributed by atoms with Gasteiger partial charge in [0.15, 0.2) is 0 Å². The molecule has 154 valence electrons. The van der Waals surface area contributed by atoms with Crippen LogP contribution >= 0.6 is 24.0 Å². The zero-order valence-corrected chi connectivity index (χ0v) is 17.8. The molecule has 2 fully saturated rings. The van der Waals surface area contributed by atoms with Gasteiger partial charge in [0, 0.05) is 13.1 Å². The maximum absolute atomic E-state index is 12.9. The first-order chi connectivity index (χ1) is 13.8. The van der Waals surface area contributed by atoms with Crippen LogP contribution in [0.25, 0.3) is 6.08 Å². The van der Waals surface area contributed by atoms with Crippen molar-refractivity contribution in [3.05, 3.63) is 34.7 Å². The molecular weight excluding hydrogens is 412 g/mol. The molecule has 3 rings (SSSR count). The minimum atomic E-state index is -0.829. The molecule has 1 aromatic rings. The topological polar surface area (TPSA) is 87.2 Å². The molecule has 1 aromatic carbocycles. The lowest BCUT2D eigenvalue weighted by molar-refractivity contribution is -0.147. The number of nitrogens with zero attached hydrogens (tertiary/aromatic N) is 2. The van der Waals surface area contributed by atoms with Crippen molar-refractivity contribution >= 4 is 52.2 Å². The molecule has 1 atom stereocenters. The first-order valence-corrected chi connectivity index (χ1v) is 10.5. The zero-order valence-electron chi connectivity index (χ0n) is 16.2. The van der Waals surface area contributed by atoms with Gasteiger partial charge >= 0.3 is 5.97 Å². The van der Waals surface area contributed by atoms with Crippen LogP contribution in [0.4, 0.5) is 0 Å². The van der Waals surface area contributed by atoms with Crippen LogP contribution in [0, 0.1) is 5.92 Å². The second-order valence-corrected chi connectivity index (χ2v) is 8.62. The van der Waals surface area contributed by atoms with E-state index >= 15 is 0 Å². The van der Waals surface area contributed by atoms with Gasteiger partial charge in [-0.05, 0) is 43.5 Å². The number of likely N-dealkylation sites (tertiary alicyclic amines) is 1. The number of amides is 2. The molecule has 2 aliphatic rings. The van der Waals surface area contributed by atoms with E-state index in [1.807, 2.05) is 24.3 Å². The van der Waals surface area contributed by atoms with Crippen molar-refractivity contribution in [3.8, 4) is 5.75 Å². The summed E-state index contributed by atoms with van der Waals surface area (Å²) in [4.78, 5) is 40.3. The van der Waals surface area contributed by atoms with Crippen LogP contribution in [0.2, 0.25) is 0 Å². The summed E-state index contributed by atoms with van der Waals surface area (Å²) in [5.41, 5.74) is 0.805. The standard InChI is InChI=1S/C20H22N2O5S2/c1-12(17(23)21-8-6-14(7-9-21)19(25)26)22-18(24)16(29-20(22)28)11-13-4-3-5-15(10-13)27-2/h3-5,10-12,14H,6-9H2,1-2H3,(H,25,26)/b16-11-. The first-order valence-electron chi connectivity index (χ1n) is 9.24. The van der Waals surface area contributed by atoms with Crippen molar-refractivity contribution in [2.45, 2.75) is 25.8 Å². The van der Waals surface area contributed by atoms with E-state index in [4.69, 9.17) is 22.1 Å². The fraction of sp³-hybridized carbons (Fsp3) is 0.400. The molecule has 1 N–H and O–H groups in total. The quantitative estimate of drug-likeness (QED) is 0.563. The first kappa shape index (κ1) is 21.3. The van der Waals surface area contributed by atoms with Gasteiger partial charge in [-0.25, -0.2) is 0 Å². The Balaban J connectivity index is 1.71. The van der Waals surface area contributed by atoms with Crippen molar-refractivity contribution in [1.29, 1.82) is 0 Å². The smallest absolute Gasteiger partial charge is 0.306 e. The molecule has 2 saturated heterocycles. The van der Waals surface area contributed by atoms with E-state index < -0.39 is 17.9 Å². The highest BCUT2D eigenvalue weighted by molar-refractivity contribution is 8.26. The molecule has 0 aromatic heterocycles. The number of benzene rings is 1. The maximum atomic E-state index is 12.9. The Morgan fingerprint density at radius 1 is 1.34 bits per heavy atom. The minimum Gasteiger partial charge on any atom is -0.497 e. The number of carboxylic acids is 1. The van der Waals surface area contributed by atoms with Crippen LogP contribution in [0.15, 0.2) is 29.2 Å². The normalized spacial score (nSPS) is 20.3. The van der Waals surface area contributed by atoms with Gasteiger partial charge in [-0.15, -0.1) is 0 Å². The molecule has 2 aliphatic heterocycles. The number of thioether (sulfide) groups is 1. The second-order valence-electron chi connectivity index (χ2n) is 6.94. The Labute approximate surface area is 178 Å². The Morgan fingerprint density at radius 3 is 2.66 bits per heavy atom. The highest BCUT2D eigenvalue weighted by atomic mass is 32.2. The maximum Gasteiger partial charge on any atom is 0.306 e. The Hall–Kier alpha value is -2.39. The zero-order chi connectivity index (χ0) is 21.1. The van der Waals surface area contributed by atoms with Gasteiger partial charge in [-0.2, -0.15) is 0 Å². The van der Waals surface area contributed by atoms with Gasteiger partial charge < -0.3 is 14.7 Å². The number of methoxy groups -OCH3 is 1. The van der Waals surface area contributed by atoms with E-state index in [0.29, 0.717) is 40.9 Å². The van der Waals surface area contributed by atoms with E-state index in [1.165, 1.54) is 16.7 Å². The van der Waals surface area contributed by atoms with Crippen LogP contribution < -0.4 is 4.74 Å². The Kier molecular flexibility index (Phi) is 6.59. The summed E-state index contributed by atoms with van der Waals surface area (Å²) in [5, 5.41) is 9.11. The van der Waals surface area contributed by atoms with E-state index in [0.717, 1.165) is 5.56 Å². The predicted octanol–water partition coefficient (Wildman–Crippen LogP) is 2.61. The molecule has 29 heavy (non-hydrogen) atoms. The van der Waals surface area contributed by atoms with E-state index in [1.54, 1.807) is 25.0 Å². The van der Waals surface area contributed by atoms with E-state index in [2.05, 4.69) is 0 Å². The summed E-state index contributed by atoms with van der Waals surface area (Å²) in [6.07, 6.45) is 2.57. The van der Waals surface area contributed by atoms with Crippen molar-refractivity contribution in [2.24, 2.45) is 5.92 Å². The molecule has 0 bridgehead atoms. The average Bonchev–Trinajstić information content (AvgIpc) is 3.00. The fourth-order valence-corrected chi connectivity index (χ4v) is 4.84. The van der Waals surface area contributed by atoms with Crippen molar-refractivity contribution < 1.29 is 24.2 Å². The summed E-state index contributed by atoms with van der Waals surface area (Å²) in [6.45, 7) is 2.40. The van der Waals surface area contributed by atoms with Crippen LogP contribution in [-0.2, 0) is 14.4 Å². The van der Waals surface area contributed by atoms with Crippen molar-refractivity contribution in [1.82, 2.24) is 9.80 Å². The largest absolute Gasteiger partial charge is 0.497 e. The van der Waals surface area contributed by atoms with E-state index in [9.17, 15) is 14.4 Å². The summed E-state index contributed by atoms with van der Waals surface area (Å²) in [6, 6.07) is 6.58. The molecule has 0 aliphatic carbocycles. The summed E-state index contributed by atoms with van der Waals surface area (Å²) < 4.78 is 5.54. The molecule has 2 amide bonds. The van der Waals surface area contributed by atoms with Gasteiger partial charge in [0.05, 0.1) is 17.9 Å². The molecule has 2 heterocycles. The molecule has 7 nitrogen and oxygen atoms in total. The average molecular weight is 435 g/mol. The van der Waals surface area contributed by atoms with Crippen molar-refractivity contribution in [2.75, 3.05) is 20.2 Å². The molecule has 9 heteroatoms. The summed E-state index contributed by atoms with van der Waals surface area (Å²) >= 11 is 6.53. The van der Waals surface area contributed by atoms with Gasteiger partial charge in [0.2, 0.25) is 5.91 Å². The van der Waals surface area contributed by atoms with Crippen molar-refractivity contribution in [3.63, 3.8) is 0 Å². The predicted molar refractivity (Wildman–Crippen MR) is 114 cm³/mol. The van der Waals surface area contributed by atoms with Gasteiger partial charge in [-0.1, -0.05) is 36.1 Å². The van der Waals surface area contributed by atoms with Gasteiger partial charge in [-0.3, -0.25) is 19.3 Å². The third-order valence-electron chi connectivity index (χ3n) is 5.12. The minimum absolute atomic E-state index is 0.215. The van der Waals surface area contributed by atoms with Crippen LogP contribution in [-0.4, -0.2) is 63.3 Å². The number of ether oxygens (including phenoxy) is 1. The number of hydrogen-bond donors (Lipinski definition) is 1. The van der Waals surface area contributed by atoms with Gasteiger partial charge in [0.1, 0.15) is 16.1 Å². The number of carbonyl (C=O) groups excluding carboxylic acids is 2. The highest BCUT2D eigenvalue weighted by Crippen LogP contribution is 2.35. The number of carboxylic acid groups (broad SMARTS) is 1. The third-order valence-corrected chi connectivity index (χ3v) is 6.45. The number of aliphatic carboxylic acids is 1. The number of thiocarbonyl (C=S) groups is 1. The monoisotopic (exact) mass is 434 g/mol. The number of hydrogen-bond acceptors (Lipinski definition) is 6. The highest BCUT2D eigenvalue weighted by Gasteiger charge is 2.40. The number of rotatable bonds is 5. The fourth-order valence-electron chi connectivity index (χ4n) is 3.42. The lowest BCUT2D eigenvalue weighted by atomic mass is 9.96. The molecular formula is C20H22N2O5S2.